The molecule has 1 N–H and O–H groups in total. The maximum Gasteiger partial charge on any atom is 0.129 e. The van der Waals surface area contributed by atoms with Crippen LogP contribution in [0.2, 0.25) is 0 Å². The van der Waals surface area contributed by atoms with Crippen molar-refractivity contribution in [1.82, 2.24) is 15.1 Å². The summed E-state index contributed by atoms with van der Waals surface area (Å²) in [6.07, 6.45) is 0. The molecule has 0 spiro atoms. The molecule has 0 saturated carbocycles. The van der Waals surface area contributed by atoms with E-state index < -0.39 is 0 Å². The van der Waals surface area contributed by atoms with Crippen LogP contribution in [0.5, 0.6) is 0 Å². The Morgan fingerprint density at radius 1 is 1.22 bits per heavy atom. The first-order valence-corrected chi connectivity index (χ1v) is 6.20. The molecule has 2 heterocycles. The molecular formula is C14H16FN3. The SMILES string of the molecule is Cc1cc(-c2cc3n(n2)CCNC3)cc(C)c1F. The zero-order chi connectivity index (χ0) is 12.7. The van der Waals surface area contributed by atoms with E-state index in [0.717, 1.165) is 30.9 Å². The van der Waals surface area contributed by atoms with Gasteiger partial charge in [0.25, 0.3) is 0 Å². The van der Waals surface area contributed by atoms with Crippen LogP contribution in [-0.4, -0.2) is 16.3 Å². The van der Waals surface area contributed by atoms with Crippen LogP contribution in [0.1, 0.15) is 16.8 Å². The van der Waals surface area contributed by atoms with Crippen LogP contribution in [0, 0.1) is 19.7 Å². The molecule has 0 bridgehead atoms. The fraction of sp³-hybridized carbons (Fsp3) is 0.357. The van der Waals surface area contributed by atoms with Gasteiger partial charge < -0.3 is 5.32 Å². The summed E-state index contributed by atoms with van der Waals surface area (Å²) in [5.41, 5.74) is 4.47. The number of nitrogens with zero attached hydrogens (tertiary/aromatic N) is 2. The first-order valence-electron chi connectivity index (χ1n) is 6.20. The fourth-order valence-electron chi connectivity index (χ4n) is 2.43. The predicted molar refractivity (Wildman–Crippen MR) is 68.8 cm³/mol. The van der Waals surface area contributed by atoms with Gasteiger partial charge >= 0.3 is 0 Å². The molecule has 1 aromatic carbocycles. The highest BCUT2D eigenvalue weighted by Gasteiger charge is 2.14. The van der Waals surface area contributed by atoms with Gasteiger partial charge in [-0.3, -0.25) is 4.68 Å². The molecule has 2 aromatic rings. The average Bonchev–Trinajstić information content (AvgIpc) is 2.79. The molecule has 1 aliphatic rings. The molecule has 94 valence electrons. The molecule has 0 unspecified atom stereocenters. The Hall–Kier alpha value is -1.68. The van der Waals surface area contributed by atoms with Crippen LogP contribution in [0.15, 0.2) is 18.2 Å². The van der Waals surface area contributed by atoms with Crippen molar-refractivity contribution >= 4 is 0 Å². The van der Waals surface area contributed by atoms with Crippen molar-refractivity contribution in [2.75, 3.05) is 6.54 Å². The minimum atomic E-state index is -0.121. The zero-order valence-electron chi connectivity index (χ0n) is 10.6. The number of halogens is 1. The van der Waals surface area contributed by atoms with Crippen molar-refractivity contribution in [3.8, 4) is 11.3 Å². The van der Waals surface area contributed by atoms with Gasteiger partial charge in [0, 0.05) is 18.7 Å². The van der Waals surface area contributed by atoms with E-state index in [-0.39, 0.29) is 5.82 Å². The van der Waals surface area contributed by atoms with Crippen molar-refractivity contribution in [3.05, 3.63) is 40.8 Å². The van der Waals surface area contributed by atoms with E-state index in [0.29, 0.717) is 11.1 Å². The van der Waals surface area contributed by atoms with Crippen molar-refractivity contribution in [3.63, 3.8) is 0 Å². The lowest BCUT2D eigenvalue weighted by Crippen LogP contribution is -2.28. The van der Waals surface area contributed by atoms with Crippen LogP contribution >= 0.6 is 0 Å². The Labute approximate surface area is 106 Å². The Morgan fingerprint density at radius 2 is 1.94 bits per heavy atom. The molecule has 1 aromatic heterocycles. The van der Waals surface area contributed by atoms with E-state index >= 15 is 0 Å². The molecule has 1 aliphatic heterocycles. The van der Waals surface area contributed by atoms with Crippen molar-refractivity contribution in [2.45, 2.75) is 26.9 Å². The number of aromatic nitrogens is 2. The number of rotatable bonds is 1. The molecule has 3 nitrogen and oxygen atoms in total. The number of benzene rings is 1. The van der Waals surface area contributed by atoms with E-state index in [1.807, 2.05) is 16.8 Å². The molecule has 0 saturated heterocycles. The number of aryl methyl sites for hydroxylation is 2. The van der Waals surface area contributed by atoms with Crippen LogP contribution in [-0.2, 0) is 13.1 Å². The third-order valence-electron chi connectivity index (χ3n) is 3.40. The molecule has 0 atom stereocenters. The summed E-state index contributed by atoms with van der Waals surface area (Å²) in [6, 6.07) is 5.81. The Morgan fingerprint density at radius 3 is 2.61 bits per heavy atom. The summed E-state index contributed by atoms with van der Waals surface area (Å²) in [6.45, 7) is 6.29. The number of fused-ring (bicyclic) bond motifs is 1. The van der Waals surface area contributed by atoms with Crippen molar-refractivity contribution < 1.29 is 4.39 Å². The molecule has 18 heavy (non-hydrogen) atoms. The summed E-state index contributed by atoms with van der Waals surface area (Å²) in [5.74, 6) is -0.121. The highest BCUT2D eigenvalue weighted by molar-refractivity contribution is 5.62. The minimum Gasteiger partial charge on any atom is -0.309 e. The smallest absolute Gasteiger partial charge is 0.129 e. The lowest BCUT2D eigenvalue weighted by atomic mass is 10.0. The zero-order valence-corrected chi connectivity index (χ0v) is 10.6. The van der Waals surface area contributed by atoms with Gasteiger partial charge in [-0.1, -0.05) is 0 Å². The second-order valence-corrected chi connectivity index (χ2v) is 4.84. The van der Waals surface area contributed by atoms with E-state index in [4.69, 9.17) is 0 Å². The summed E-state index contributed by atoms with van der Waals surface area (Å²) in [5, 5.41) is 7.90. The Balaban J connectivity index is 2.07. The van der Waals surface area contributed by atoms with Crippen LogP contribution in [0.25, 0.3) is 11.3 Å². The van der Waals surface area contributed by atoms with E-state index in [1.54, 1.807) is 13.8 Å². The monoisotopic (exact) mass is 245 g/mol. The topological polar surface area (TPSA) is 29.9 Å². The van der Waals surface area contributed by atoms with Crippen LogP contribution in [0.4, 0.5) is 4.39 Å². The molecule has 3 rings (SSSR count). The number of hydrogen-bond acceptors (Lipinski definition) is 2. The fourth-order valence-corrected chi connectivity index (χ4v) is 2.43. The average molecular weight is 245 g/mol. The van der Waals surface area contributed by atoms with Gasteiger partial charge in [0.15, 0.2) is 0 Å². The first-order chi connectivity index (χ1) is 8.65. The summed E-state index contributed by atoms with van der Waals surface area (Å²) >= 11 is 0. The van der Waals surface area contributed by atoms with E-state index in [2.05, 4.69) is 16.5 Å². The highest BCUT2D eigenvalue weighted by atomic mass is 19.1. The van der Waals surface area contributed by atoms with E-state index in [1.165, 1.54) is 5.69 Å². The summed E-state index contributed by atoms with van der Waals surface area (Å²) < 4.78 is 15.6. The maximum atomic E-state index is 13.6. The third-order valence-corrected chi connectivity index (χ3v) is 3.40. The van der Waals surface area contributed by atoms with Gasteiger partial charge in [-0.25, -0.2) is 4.39 Å². The second-order valence-electron chi connectivity index (χ2n) is 4.84. The molecule has 4 heteroatoms. The number of nitrogens with one attached hydrogen (secondary N) is 1. The van der Waals surface area contributed by atoms with Crippen LogP contribution in [0.3, 0.4) is 0 Å². The number of hydrogen-bond donors (Lipinski definition) is 1. The van der Waals surface area contributed by atoms with Crippen LogP contribution < -0.4 is 5.32 Å². The second kappa shape index (κ2) is 4.21. The van der Waals surface area contributed by atoms with Gasteiger partial charge in [0.05, 0.1) is 17.9 Å². The van der Waals surface area contributed by atoms with Gasteiger partial charge in [-0.2, -0.15) is 5.10 Å². The largest absolute Gasteiger partial charge is 0.309 e. The van der Waals surface area contributed by atoms with E-state index in [9.17, 15) is 4.39 Å². The lowest BCUT2D eigenvalue weighted by molar-refractivity contribution is 0.476. The first kappa shape index (κ1) is 11.4. The standard InChI is InChI=1S/C14H16FN3/c1-9-5-11(6-10(2)14(9)15)13-7-12-8-16-3-4-18(12)17-13/h5-7,16H,3-4,8H2,1-2H3. The molecule has 0 amide bonds. The normalized spacial score (nSPS) is 14.6. The highest BCUT2D eigenvalue weighted by Crippen LogP contribution is 2.24. The minimum absolute atomic E-state index is 0.121. The Kier molecular flexibility index (Phi) is 2.67. The maximum absolute atomic E-state index is 13.6. The molecular weight excluding hydrogens is 229 g/mol. The molecule has 0 aliphatic carbocycles. The van der Waals surface area contributed by atoms with Gasteiger partial charge in [0.1, 0.15) is 5.82 Å². The quantitative estimate of drug-likeness (QED) is 0.836. The predicted octanol–water partition coefficient (Wildman–Crippen LogP) is 2.41. The summed E-state index contributed by atoms with van der Waals surface area (Å²) in [4.78, 5) is 0. The third kappa shape index (κ3) is 1.82. The molecule has 0 fully saturated rings. The van der Waals surface area contributed by atoms with Gasteiger partial charge in [-0.05, 0) is 43.2 Å². The van der Waals surface area contributed by atoms with Crippen molar-refractivity contribution in [1.29, 1.82) is 0 Å². The Bertz CT molecular complexity index is 555. The van der Waals surface area contributed by atoms with Gasteiger partial charge in [0.2, 0.25) is 0 Å². The van der Waals surface area contributed by atoms with Crippen molar-refractivity contribution in [2.24, 2.45) is 0 Å². The van der Waals surface area contributed by atoms with Gasteiger partial charge in [-0.15, -0.1) is 0 Å². The lowest BCUT2D eigenvalue weighted by Gasteiger charge is -2.13. The summed E-state index contributed by atoms with van der Waals surface area (Å²) in [7, 11) is 0. The molecule has 0 radical (unpaired) electrons.